The predicted molar refractivity (Wildman–Crippen MR) is 86.6 cm³/mol. The van der Waals surface area contributed by atoms with Crippen molar-refractivity contribution in [1.82, 2.24) is 5.32 Å². The van der Waals surface area contributed by atoms with E-state index in [4.69, 9.17) is 0 Å². The lowest BCUT2D eigenvalue weighted by Gasteiger charge is -2.20. The molecule has 22 heavy (non-hydrogen) atoms. The van der Waals surface area contributed by atoms with Crippen LogP contribution in [0.15, 0.2) is 46.2 Å². The number of anilines is 1. The van der Waals surface area contributed by atoms with Crippen molar-refractivity contribution in [3.63, 3.8) is 0 Å². The van der Waals surface area contributed by atoms with E-state index in [0.29, 0.717) is 11.3 Å². The van der Waals surface area contributed by atoms with Crippen molar-refractivity contribution in [2.75, 3.05) is 18.4 Å². The van der Waals surface area contributed by atoms with Crippen LogP contribution in [0.5, 0.6) is 0 Å². The standard InChI is InChI=1S/C15H15FN2O2S2/c1-17-15-9-5-3-4-6-12(9)18(2)22(19,20)14-8-13(21)11(16)7-10(14)15/h3-8,15,17,21H,1-2H3. The maximum absolute atomic E-state index is 14.0. The monoisotopic (exact) mass is 338 g/mol. The van der Waals surface area contributed by atoms with Crippen LogP contribution in [-0.2, 0) is 10.0 Å². The maximum atomic E-state index is 14.0. The molecular weight excluding hydrogens is 323 g/mol. The average molecular weight is 338 g/mol. The van der Waals surface area contributed by atoms with Gasteiger partial charge in [0.25, 0.3) is 10.0 Å². The lowest BCUT2D eigenvalue weighted by atomic mass is 9.97. The van der Waals surface area contributed by atoms with Crippen molar-refractivity contribution in [3.8, 4) is 0 Å². The Hall–Kier alpha value is -1.57. The van der Waals surface area contributed by atoms with Gasteiger partial charge in [0.2, 0.25) is 0 Å². The van der Waals surface area contributed by atoms with Crippen molar-refractivity contribution in [2.24, 2.45) is 0 Å². The van der Waals surface area contributed by atoms with E-state index in [1.54, 1.807) is 19.2 Å². The van der Waals surface area contributed by atoms with E-state index in [1.807, 2.05) is 12.1 Å². The second-order valence-corrected chi connectivity index (χ2v) is 7.51. The van der Waals surface area contributed by atoms with Crippen molar-refractivity contribution in [1.29, 1.82) is 0 Å². The topological polar surface area (TPSA) is 49.4 Å². The molecule has 1 unspecified atom stereocenters. The molecular formula is C15H15FN2O2S2. The summed E-state index contributed by atoms with van der Waals surface area (Å²) >= 11 is 4.02. The lowest BCUT2D eigenvalue weighted by Crippen LogP contribution is -2.26. The fraction of sp³-hybridized carbons (Fsp3) is 0.200. The molecule has 0 saturated carbocycles. The summed E-state index contributed by atoms with van der Waals surface area (Å²) in [5.74, 6) is -0.542. The number of hydrogen-bond donors (Lipinski definition) is 2. The fourth-order valence-corrected chi connectivity index (χ4v) is 4.52. The molecule has 3 rings (SSSR count). The highest BCUT2D eigenvalue weighted by molar-refractivity contribution is 7.93. The molecule has 0 bridgehead atoms. The Morgan fingerprint density at radius 1 is 1.23 bits per heavy atom. The number of nitrogens with zero attached hydrogens (tertiary/aromatic N) is 1. The van der Waals surface area contributed by atoms with Crippen LogP contribution in [-0.4, -0.2) is 22.5 Å². The second-order valence-electron chi connectivity index (χ2n) is 5.09. The zero-order chi connectivity index (χ0) is 16.1. The molecule has 0 spiro atoms. The normalized spacial score (nSPS) is 19.3. The molecule has 4 nitrogen and oxygen atoms in total. The van der Waals surface area contributed by atoms with E-state index in [0.717, 1.165) is 5.56 Å². The van der Waals surface area contributed by atoms with Gasteiger partial charge < -0.3 is 5.32 Å². The van der Waals surface area contributed by atoms with Crippen LogP contribution in [0.2, 0.25) is 0 Å². The first kappa shape index (κ1) is 15.3. The number of rotatable bonds is 1. The summed E-state index contributed by atoms with van der Waals surface area (Å²) < 4.78 is 40.9. The summed E-state index contributed by atoms with van der Waals surface area (Å²) in [5, 5.41) is 3.08. The summed E-state index contributed by atoms with van der Waals surface area (Å²) in [5.41, 5.74) is 1.73. The first-order chi connectivity index (χ1) is 10.4. The molecule has 2 aromatic carbocycles. The van der Waals surface area contributed by atoms with Crippen LogP contribution >= 0.6 is 12.6 Å². The minimum atomic E-state index is -3.78. The predicted octanol–water partition coefficient (Wildman–Crippen LogP) is 2.56. The summed E-state index contributed by atoms with van der Waals surface area (Å²) in [6.45, 7) is 0. The number of para-hydroxylation sites is 1. The Kier molecular flexibility index (Phi) is 3.66. The Bertz CT molecular complexity index is 853. The number of nitrogens with one attached hydrogen (secondary N) is 1. The molecule has 0 aliphatic carbocycles. The average Bonchev–Trinajstić information content (AvgIpc) is 2.56. The smallest absolute Gasteiger partial charge is 0.264 e. The molecule has 2 aromatic rings. The zero-order valence-corrected chi connectivity index (χ0v) is 13.7. The molecule has 0 amide bonds. The fourth-order valence-electron chi connectivity index (χ4n) is 2.78. The molecule has 1 aliphatic heterocycles. The first-order valence-electron chi connectivity index (χ1n) is 6.65. The van der Waals surface area contributed by atoms with Crippen LogP contribution in [0.4, 0.5) is 10.1 Å². The van der Waals surface area contributed by atoms with Crippen LogP contribution < -0.4 is 9.62 Å². The molecule has 0 radical (unpaired) electrons. The van der Waals surface area contributed by atoms with Gasteiger partial charge in [-0.05, 0) is 36.4 Å². The number of thiol groups is 1. The summed E-state index contributed by atoms with van der Waals surface area (Å²) in [6.07, 6.45) is 0. The molecule has 1 N–H and O–H groups in total. The third-order valence-electron chi connectivity index (χ3n) is 3.90. The summed E-state index contributed by atoms with van der Waals surface area (Å²) in [7, 11) is -0.560. The van der Waals surface area contributed by atoms with E-state index in [9.17, 15) is 12.8 Å². The molecule has 1 heterocycles. The molecule has 0 saturated heterocycles. The van der Waals surface area contributed by atoms with E-state index < -0.39 is 21.9 Å². The van der Waals surface area contributed by atoms with Crippen LogP contribution in [0.25, 0.3) is 0 Å². The minimum Gasteiger partial charge on any atom is -0.309 e. The molecule has 0 aromatic heterocycles. The van der Waals surface area contributed by atoms with Gasteiger partial charge >= 0.3 is 0 Å². The van der Waals surface area contributed by atoms with Gasteiger partial charge in [-0.2, -0.15) is 0 Å². The molecule has 1 aliphatic rings. The van der Waals surface area contributed by atoms with Crippen molar-refractivity contribution < 1.29 is 12.8 Å². The summed E-state index contributed by atoms with van der Waals surface area (Å²) in [6, 6.07) is 9.28. The van der Waals surface area contributed by atoms with Gasteiger partial charge in [0.15, 0.2) is 0 Å². The zero-order valence-electron chi connectivity index (χ0n) is 12.0. The third-order valence-corrected chi connectivity index (χ3v) is 6.07. The van der Waals surface area contributed by atoms with Crippen LogP contribution in [0.3, 0.4) is 0 Å². The van der Waals surface area contributed by atoms with Gasteiger partial charge in [0.1, 0.15) is 5.82 Å². The van der Waals surface area contributed by atoms with E-state index in [-0.39, 0.29) is 9.79 Å². The Morgan fingerprint density at radius 3 is 2.59 bits per heavy atom. The van der Waals surface area contributed by atoms with Gasteiger partial charge in [-0.15, -0.1) is 12.6 Å². The molecule has 116 valence electrons. The second kappa shape index (κ2) is 5.26. The number of sulfonamides is 1. The van der Waals surface area contributed by atoms with E-state index in [1.165, 1.54) is 23.5 Å². The largest absolute Gasteiger partial charge is 0.309 e. The maximum Gasteiger partial charge on any atom is 0.264 e. The molecule has 0 fully saturated rings. The van der Waals surface area contributed by atoms with E-state index in [2.05, 4.69) is 17.9 Å². The number of benzene rings is 2. The SMILES string of the molecule is CNC1c2ccccc2N(C)S(=O)(=O)c2cc(S)c(F)cc21. The molecule has 1 atom stereocenters. The van der Waals surface area contributed by atoms with Crippen LogP contribution in [0, 0.1) is 5.82 Å². The Balaban J connectivity index is 2.44. The third kappa shape index (κ3) is 2.12. The Labute approximate surface area is 134 Å². The number of fused-ring (bicyclic) bond motifs is 2. The quantitative estimate of drug-likeness (QED) is 0.786. The van der Waals surface area contributed by atoms with Gasteiger partial charge in [-0.1, -0.05) is 18.2 Å². The van der Waals surface area contributed by atoms with Gasteiger partial charge in [-0.25, -0.2) is 12.8 Å². The van der Waals surface area contributed by atoms with Crippen molar-refractivity contribution >= 4 is 28.3 Å². The first-order valence-corrected chi connectivity index (χ1v) is 8.54. The number of halogens is 1. The Morgan fingerprint density at radius 2 is 1.91 bits per heavy atom. The molecule has 7 heteroatoms. The lowest BCUT2D eigenvalue weighted by molar-refractivity contribution is 0.578. The van der Waals surface area contributed by atoms with E-state index >= 15 is 0 Å². The van der Waals surface area contributed by atoms with Gasteiger partial charge in [0.05, 0.1) is 16.6 Å². The highest BCUT2D eigenvalue weighted by Crippen LogP contribution is 2.40. The highest BCUT2D eigenvalue weighted by Gasteiger charge is 2.35. The number of hydrogen-bond acceptors (Lipinski definition) is 4. The van der Waals surface area contributed by atoms with Crippen LogP contribution in [0.1, 0.15) is 17.2 Å². The van der Waals surface area contributed by atoms with Gasteiger partial charge in [0, 0.05) is 11.9 Å². The van der Waals surface area contributed by atoms with Gasteiger partial charge in [-0.3, -0.25) is 4.31 Å². The minimum absolute atomic E-state index is 0.0107. The highest BCUT2D eigenvalue weighted by atomic mass is 32.2. The van der Waals surface area contributed by atoms with Crippen molar-refractivity contribution in [3.05, 3.63) is 53.3 Å². The summed E-state index contributed by atoms with van der Waals surface area (Å²) in [4.78, 5) is 0.0773. The van der Waals surface area contributed by atoms with Crippen molar-refractivity contribution in [2.45, 2.75) is 15.8 Å².